The lowest BCUT2D eigenvalue weighted by Crippen LogP contribution is -2.43. The van der Waals surface area contributed by atoms with Crippen molar-refractivity contribution in [1.82, 2.24) is 5.32 Å². The summed E-state index contributed by atoms with van der Waals surface area (Å²) in [4.78, 5) is 2.19. The molecule has 1 aliphatic carbocycles. The Morgan fingerprint density at radius 3 is 2.85 bits per heavy atom. The Labute approximate surface area is 122 Å². The Hall–Kier alpha value is -1.09. The van der Waals surface area contributed by atoms with Crippen LogP contribution in [0.2, 0.25) is 0 Å². The second-order valence-corrected chi connectivity index (χ2v) is 5.97. The summed E-state index contributed by atoms with van der Waals surface area (Å²) in [6.07, 6.45) is 6.40. The summed E-state index contributed by atoms with van der Waals surface area (Å²) in [6.45, 7) is 4.32. The SMILES string of the molecule is CCCNC1CCCCC1CN(C)c1cccc(F)c1. The van der Waals surface area contributed by atoms with Gasteiger partial charge in [0, 0.05) is 25.3 Å². The third-order valence-corrected chi connectivity index (χ3v) is 4.32. The van der Waals surface area contributed by atoms with Crippen LogP contribution in [-0.4, -0.2) is 26.2 Å². The molecule has 0 aliphatic heterocycles. The van der Waals surface area contributed by atoms with Gasteiger partial charge in [-0.15, -0.1) is 0 Å². The van der Waals surface area contributed by atoms with E-state index < -0.39 is 0 Å². The lowest BCUT2D eigenvalue weighted by molar-refractivity contribution is 0.266. The molecule has 0 heterocycles. The molecule has 1 aromatic carbocycles. The van der Waals surface area contributed by atoms with Crippen molar-refractivity contribution in [3.8, 4) is 0 Å². The number of hydrogen-bond acceptors (Lipinski definition) is 2. The third-order valence-electron chi connectivity index (χ3n) is 4.32. The van der Waals surface area contributed by atoms with Crippen LogP contribution in [0.15, 0.2) is 24.3 Å². The maximum Gasteiger partial charge on any atom is 0.125 e. The summed E-state index contributed by atoms with van der Waals surface area (Å²) in [5.41, 5.74) is 0.977. The Morgan fingerprint density at radius 1 is 1.30 bits per heavy atom. The molecule has 1 N–H and O–H groups in total. The highest BCUT2D eigenvalue weighted by molar-refractivity contribution is 5.45. The van der Waals surface area contributed by atoms with E-state index in [4.69, 9.17) is 0 Å². The fraction of sp³-hybridized carbons (Fsp3) is 0.647. The number of rotatable bonds is 6. The summed E-state index contributed by atoms with van der Waals surface area (Å²) in [6, 6.07) is 7.52. The molecule has 2 atom stereocenters. The van der Waals surface area contributed by atoms with Crippen LogP contribution in [0.25, 0.3) is 0 Å². The zero-order valence-electron chi connectivity index (χ0n) is 12.7. The largest absolute Gasteiger partial charge is 0.374 e. The highest BCUT2D eigenvalue weighted by Crippen LogP contribution is 2.26. The molecule has 20 heavy (non-hydrogen) atoms. The van der Waals surface area contributed by atoms with E-state index in [0.29, 0.717) is 12.0 Å². The number of nitrogens with one attached hydrogen (secondary N) is 1. The van der Waals surface area contributed by atoms with Gasteiger partial charge in [0.25, 0.3) is 0 Å². The normalized spacial score (nSPS) is 22.8. The van der Waals surface area contributed by atoms with Gasteiger partial charge in [-0.05, 0) is 49.9 Å². The molecule has 0 radical (unpaired) electrons. The Morgan fingerprint density at radius 2 is 2.10 bits per heavy atom. The van der Waals surface area contributed by atoms with Crippen molar-refractivity contribution in [2.75, 3.05) is 25.0 Å². The van der Waals surface area contributed by atoms with E-state index >= 15 is 0 Å². The van der Waals surface area contributed by atoms with Gasteiger partial charge in [-0.3, -0.25) is 0 Å². The van der Waals surface area contributed by atoms with Crippen molar-refractivity contribution in [2.24, 2.45) is 5.92 Å². The van der Waals surface area contributed by atoms with Crippen LogP contribution in [0.3, 0.4) is 0 Å². The molecule has 1 fully saturated rings. The first kappa shape index (κ1) is 15.3. The molecule has 1 saturated carbocycles. The number of anilines is 1. The summed E-state index contributed by atoms with van der Waals surface area (Å²) in [7, 11) is 2.07. The number of halogens is 1. The predicted molar refractivity (Wildman–Crippen MR) is 83.7 cm³/mol. The van der Waals surface area contributed by atoms with Crippen molar-refractivity contribution >= 4 is 5.69 Å². The number of nitrogens with zero attached hydrogens (tertiary/aromatic N) is 1. The highest BCUT2D eigenvalue weighted by atomic mass is 19.1. The van der Waals surface area contributed by atoms with Crippen LogP contribution in [0.4, 0.5) is 10.1 Å². The van der Waals surface area contributed by atoms with Gasteiger partial charge in [-0.2, -0.15) is 0 Å². The summed E-state index contributed by atoms with van der Waals surface area (Å²) in [5, 5.41) is 3.69. The molecular formula is C17H27FN2. The first-order valence-electron chi connectivity index (χ1n) is 7.90. The molecular weight excluding hydrogens is 251 g/mol. The molecule has 0 spiro atoms. The molecule has 3 heteroatoms. The van der Waals surface area contributed by atoms with Gasteiger partial charge < -0.3 is 10.2 Å². The maximum absolute atomic E-state index is 13.3. The maximum atomic E-state index is 13.3. The van der Waals surface area contributed by atoms with Crippen LogP contribution < -0.4 is 10.2 Å². The first-order valence-corrected chi connectivity index (χ1v) is 7.90. The average molecular weight is 278 g/mol. The Kier molecular flexibility index (Phi) is 5.84. The van der Waals surface area contributed by atoms with E-state index in [1.54, 1.807) is 12.1 Å². The van der Waals surface area contributed by atoms with Crippen molar-refractivity contribution < 1.29 is 4.39 Å². The summed E-state index contributed by atoms with van der Waals surface area (Å²) in [5.74, 6) is 0.516. The number of hydrogen-bond donors (Lipinski definition) is 1. The van der Waals surface area contributed by atoms with E-state index in [9.17, 15) is 4.39 Å². The molecule has 2 unspecified atom stereocenters. The smallest absolute Gasteiger partial charge is 0.125 e. The van der Waals surface area contributed by atoms with Gasteiger partial charge in [0.05, 0.1) is 0 Å². The molecule has 1 aromatic rings. The van der Waals surface area contributed by atoms with Gasteiger partial charge in [0.2, 0.25) is 0 Å². The number of benzene rings is 1. The lowest BCUT2D eigenvalue weighted by atomic mass is 9.84. The van der Waals surface area contributed by atoms with Gasteiger partial charge in [0.1, 0.15) is 5.82 Å². The average Bonchev–Trinajstić information content (AvgIpc) is 2.46. The first-order chi connectivity index (χ1) is 9.70. The van der Waals surface area contributed by atoms with Crippen LogP contribution in [-0.2, 0) is 0 Å². The molecule has 2 nitrogen and oxygen atoms in total. The van der Waals surface area contributed by atoms with Gasteiger partial charge >= 0.3 is 0 Å². The van der Waals surface area contributed by atoms with Crippen LogP contribution in [0.1, 0.15) is 39.0 Å². The zero-order chi connectivity index (χ0) is 14.4. The standard InChI is InChI=1S/C17H27FN2/c1-3-11-19-17-10-5-4-7-14(17)13-20(2)16-9-6-8-15(18)12-16/h6,8-9,12,14,17,19H,3-5,7,10-11,13H2,1-2H3. The van der Waals surface area contributed by atoms with Crippen molar-refractivity contribution in [1.29, 1.82) is 0 Å². The second-order valence-electron chi connectivity index (χ2n) is 5.97. The van der Waals surface area contributed by atoms with Crippen LogP contribution >= 0.6 is 0 Å². The third kappa shape index (κ3) is 4.20. The van der Waals surface area contributed by atoms with Gasteiger partial charge in [0.15, 0.2) is 0 Å². The van der Waals surface area contributed by atoms with Crippen molar-refractivity contribution in [3.63, 3.8) is 0 Å². The molecule has 0 aromatic heterocycles. The molecule has 112 valence electrons. The Balaban J connectivity index is 1.95. The molecule has 0 bridgehead atoms. The van der Waals surface area contributed by atoms with Crippen LogP contribution in [0.5, 0.6) is 0 Å². The van der Waals surface area contributed by atoms with Gasteiger partial charge in [-0.1, -0.05) is 25.8 Å². The quantitative estimate of drug-likeness (QED) is 0.851. The second kappa shape index (κ2) is 7.63. The van der Waals surface area contributed by atoms with Crippen molar-refractivity contribution in [2.45, 2.75) is 45.1 Å². The predicted octanol–water partition coefficient (Wildman–Crippen LogP) is 3.82. The molecule has 1 aliphatic rings. The van der Waals surface area contributed by atoms with E-state index in [1.807, 2.05) is 6.07 Å². The zero-order valence-corrected chi connectivity index (χ0v) is 12.7. The van der Waals surface area contributed by atoms with Crippen molar-refractivity contribution in [3.05, 3.63) is 30.1 Å². The summed E-state index contributed by atoms with van der Waals surface area (Å²) < 4.78 is 13.3. The fourth-order valence-electron chi connectivity index (χ4n) is 3.20. The summed E-state index contributed by atoms with van der Waals surface area (Å²) >= 11 is 0. The lowest BCUT2D eigenvalue weighted by Gasteiger charge is -2.35. The van der Waals surface area contributed by atoms with E-state index in [-0.39, 0.29) is 5.82 Å². The van der Waals surface area contributed by atoms with E-state index in [2.05, 4.69) is 24.2 Å². The fourth-order valence-corrected chi connectivity index (χ4v) is 3.20. The molecule has 0 saturated heterocycles. The minimum Gasteiger partial charge on any atom is -0.374 e. The molecule has 2 rings (SSSR count). The molecule has 0 amide bonds. The topological polar surface area (TPSA) is 15.3 Å². The van der Waals surface area contributed by atoms with Crippen LogP contribution in [0, 0.1) is 11.7 Å². The van der Waals surface area contributed by atoms with E-state index in [1.165, 1.54) is 38.2 Å². The highest BCUT2D eigenvalue weighted by Gasteiger charge is 2.25. The minimum atomic E-state index is -0.154. The monoisotopic (exact) mass is 278 g/mol. The van der Waals surface area contributed by atoms with E-state index in [0.717, 1.165) is 18.8 Å². The van der Waals surface area contributed by atoms with Gasteiger partial charge in [-0.25, -0.2) is 4.39 Å². The Bertz CT molecular complexity index is 408. The minimum absolute atomic E-state index is 0.154.